The minimum Gasteiger partial charge on any atom is -0.465 e. The van der Waals surface area contributed by atoms with E-state index in [2.05, 4.69) is 39.8 Å². The number of allylic oxidation sites excluding steroid dienone is 4. The first-order valence-electron chi connectivity index (χ1n) is 9.25. The minimum atomic E-state index is -0.327. The van der Waals surface area contributed by atoms with Crippen molar-refractivity contribution in [3.05, 3.63) is 58.6 Å². The second-order valence-corrected chi connectivity index (χ2v) is 9.36. The van der Waals surface area contributed by atoms with Gasteiger partial charge < -0.3 is 4.74 Å². The fourth-order valence-electron chi connectivity index (χ4n) is 4.55. The molecule has 0 saturated heterocycles. The minimum absolute atomic E-state index is 0.0956. The number of hydrogen-bond acceptors (Lipinski definition) is 3. The van der Waals surface area contributed by atoms with Gasteiger partial charge in [0, 0.05) is 42.7 Å². The monoisotopic (exact) mass is 348 g/mol. The van der Waals surface area contributed by atoms with Crippen molar-refractivity contribution in [3.8, 4) is 0 Å². The Morgan fingerprint density at radius 2 is 1.42 bits per heavy atom. The Kier molecular flexibility index (Phi) is 3.76. The van der Waals surface area contributed by atoms with E-state index in [0.29, 0.717) is 24.0 Å². The second kappa shape index (κ2) is 5.67. The molecule has 3 heteroatoms. The van der Waals surface area contributed by atoms with Gasteiger partial charge in [0.2, 0.25) is 0 Å². The zero-order valence-corrected chi connectivity index (χ0v) is 15.9. The van der Waals surface area contributed by atoms with Crippen molar-refractivity contribution in [2.75, 3.05) is 0 Å². The van der Waals surface area contributed by atoms with Gasteiger partial charge in [-0.05, 0) is 34.6 Å². The molecule has 4 rings (SSSR count). The van der Waals surface area contributed by atoms with Crippen LogP contribution in [0.15, 0.2) is 40.9 Å². The Balaban J connectivity index is 1.91. The summed E-state index contributed by atoms with van der Waals surface area (Å²) in [6.45, 7) is 8.38. The molecule has 0 aromatic heterocycles. The Labute approximate surface area is 155 Å². The van der Waals surface area contributed by atoms with Gasteiger partial charge in [0.25, 0.3) is 0 Å². The lowest BCUT2D eigenvalue weighted by Crippen LogP contribution is -2.37. The molecule has 1 aliphatic heterocycles. The number of rotatable bonds is 1. The molecule has 0 bridgehead atoms. The zero-order chi connectivity index (χ0) is 18.7. The first kappa shape index (κ1) is 17.3. The molecule has 0 atom stereocenters. The number of carbonyl (C=O) groups excluding carboxylic acids is 2. The van der Waals surface area contributed by atoms with Crippen molar-refractivity contribution in [1.29, 1.82) is 0 Å². The summed E-state index contributed by atoms with van der Waals surface area (Å²) in [7, 11) is 0. The summed E-state index contributed by atoms with van der Waals surface area (Å²) in [5.41, 5.74) is 2.03. The first-order chi connectivity index (χ1) is 12.2. The van der Waals surface area contributed by atoms with Gasteiger partial charge in [0.15, 0.2) is 11.6 Å². The van der Waals surface area contributed by atoms with Crippen LogP contribution in [0.2, 0.25) is 0 Å². The van der Waals surface area contributed by atoms with Gasteiger partial charge in [-0.15, -0.1) is 0 Å². The van der Waals surface area contributed by atoms with E-state index in [1.54, 1.807) is 6.07 Å². The number of Topliss-reactive ketones (excluding diaryl/α,β-unsaturated/α-hetero) is 2. The summed E-state index contributed by atoms with van der Waals surface area (Å²) in [5, 5.41) is 0. The standard InChI is InChI=1S/C23H24O3/c1-22(2)10-15(24)20-17(12-22)26-18-13-23(3,4)11-16(25)21(18)19(20)14-8-6-5-7-9-14/h6,8-9,19H,10-13H2,1-4H3. The lowest BCUT2D eigenvalue weighted by Gasteiger charge is -2.42. The van der Waals surface area contributed by atoms with E-state index >= 15 is 0 Å². The summed E-state index contributed by atoms with van der Waals surface area (Å²) in [6, 6.07) is 11.4. The third-order valence-corrected chi connectivity index (χ3v) is 5.60. The number of benzene rings is 1. The van der Waals surface area contributed by atoms with E-state index in [4.69, 9.17) is 4.74 Å². The van der Waals surface area contributed by atoms with Crippen LogP contribution in [0.1, 0.15) is 64.9 Å². The van der Waals surface area contributed by atoms with Gasteiger partial charge in [-0.2, -0.15) is 0 Å². The summed E-state index contributed by atoms with van der Waals surface area (Å²) in [6.07, 6.45) is 2.41. The molecule has 1 aromatic carbocycles. The van der Waals surface area contributed by atoms with Gasteiger partial charge in [-0.1, -0.05) is 39.8 Å². The highest BCUT2D eigenvalue weighted by Crippen LogP contribution is 2.53. The topological polar surface area (TPSA) is 43.4 Å². The number of hydrogen-bond donors (Lipinski definition) is 0. The van der Waals surface area contributed by atoms with Crippen LogP contribution in [0.4, 0.5) is 0 Å². The number of ether oxygens (including phenoxy) is 1. The lowest BCUT2D eigenvalue weighted by molar-refractivity contribution is -0.120. The Bertz CT molecular complexity index is 801. The molecule has 3 aliphatic rings. The van der Waals surface area contributed by atoms with Crippen LogP contribution < -0.4 is 0 Å². The fourth-order valence-corrected chi connectivity index (χ4v) is 4.55. The SMILES string of the molecule is CC1(C)CC(=O)C2=C(C1)OC1=C(C(=O)CC(C)(C)C1)C2c1c[c][c]cc1. The zero-order valence-electron chi connectivity index (χ0n) is 15.9. The smallest absolute Gasteiger partial charge is 0.163 e. The molecule has 134 valence electrons. The molecular formula is C23H24O3. The highest BCUT2D eigenvalue weighted by molar-refractivity contribution is 6.06. The first-order valence-corrected chi connectivity index (χ1v) is 9.25. The van der Waals surface area contributed by atoms with E-state index in [-0.39, 0.29) is 28.3 Å². The van der Waals surface area contributed by atoms with Gasteiger partial charge in [0.1, 0.15) is 11.5 Å². The number of ketones is 2. The van der Waals surface area contributed by atoms with Crippen LogP contribution in [-0.2, 0) is 14.3 Å². The van der Waals surface area contributed by atoms with Crippen LogP contribution in [0.3, 0.4) is 0 Å². The predicted molar refractivity (Wildman–Crippen MR) is 98.0 cm³/mol. The second-order valence-electron chi connectivity index (χ2n) is 9.36. The van der Waals surface area contributed by atoms with E-state index < -0.39 is 0 Å². The van der Waals surface area contributed by atoms with Crippen molar-refractivity contribution < 1.29 is 14.3 Å². The molecule has 2 aliphatic carbocycles. The molecule has 0 amide bonds. The maximum Gasteiger partial charge on any atom is 0.163 e. The average molecular weight is 348 g/mol. The third-order valence-electron chi connectivity index (χ3n) is 5.60. The molecular weight excluding hydrogens is 324 g/mol. The molecule has 3 nitrogen and oxygen atoms in total. The van der Waals surface area contributed by atoms with E-state index in [1.807, 2.05) is 12.1 Å². The van der Waals surface area contributed by atoms with Crippen LogP contribution in [0, 0.1) is 23.0 Å². The molecule has 0 fully saturated rings. The van der Waals surface area contributed by atoms with Crippen molar-refractivity contribution in [2.45, 2.75) is 59.3 Å². The fraction of sp³-hybridized carbons (Fsp3) is 0.478. The van der Waals surface area contributed by atoms with Crippen LogP contribution >= 0.6 is 0 Å². The summed E-state index contributed by atoms with van der Waals surface area (Å²) < 4.78 is 6.26. The summed E-state index contributed by atoms with van der Waals surface area (Å²) in [5.74, 6) is 1.38. The maximum absolute atomic E-state index is 13.0. The van der Waals surface area contributed by atoms with E-state index in [9.17, 15) is 9.59 Å². The summed E-state index contributed by atoms with van der Waals surface area (Å²) in [4.78, 5) is 26.1. The molecule has 0 spiro atoms. The van der Waals surface area contributed by atoms with Crippen molar-refractivity contribution in [2.24, 2.45) is 10.8 Å². The lowest BCUT2D eigenvalue weighted by atomic mass is 9.65. The highest BCUT2D eigenvalue weighted by Gasteiger charge is 2.47. The van der Waals surface area contributed by atoms with Gasteiger partial charge in [-0.3, -0.25) is 9.59 Å². The Hall–Kier alpha value is -2.16. The van der Waals surface area contributed by atoms with Gasteiger partial charge >= 0.3 is 0 Å². The van der Waals surface area contributed by atoms with Crippen LogP contribution in [0.5, 0.6) is 0 Å². The van der Waals surface area contributed by atoms with Crippen molar-refractivity contribution in [1.82, 2.24) is 0 Å². The van der Waals surface area contributed by atoms with Crippen LogP contribution in [0.25, 0.3) is 0 Å². The Morgan fingerprint density at radius 1 is 0.885 bits per heavy atom. The molecule has 0 saturated carbocycles. The number of carbonyl (C=O) groups is 2. The maximum atomic E-state index is 13.0. The largest absolute Gasteiger partial charge is 0.465 e. The Morgan fingerprint density at radius 3 is 1.88 bits per heavy atom. The van der Waals surface area contributed by atoms with Crippen molar-refractivity contribution in [3.63, 3.8) is 0 Å². The van der Waals surface area contributed by atoms with E-state index in [0.717, 1.165) is 29.9 Å². The quantitative estimate of drug-likeness (QED) is 0.740. The third kappa shape index (κ3) is 2.84. The van der Waals surface area contributed by atoms with E-state index in [1.165, 1.54) is 0 Å². The predicted octanol–water partition coefficient (Wildman–Crippen LogP) is 4.69. The molecule has 2 radical (unpaired) electrons. The molecule has 0 N–H and O–H groups in total. The molecule has 26 heavy (non-hydrogen) atoms. The van der Waals surface area contributed by atoms with Crippen molar-refractivity contribution >= 4 is 11.6 Å². The van der Waals surface area contributed by atoms with Gasteiger partial charge in [-0.25, -0.2) is 0 Å². The molecule has 1 aromatic rings. The summed E-state index contributed by atoms with van der Waals surface area (Å²) >= 11 is 0. The van der Waals surface area contributed by atoms with Gasteiger partial charge in [0.05, 0.1) is 0 Å². The molecule has 0 unspecified atom stereocenters. The average Bonchev–Trinajstić information content (AvgIpc) is 2.51. The van der Waals surface area contributed by atoms with Crippen LogP contribution in [-0.4, -0.2) is 11.6 Å². The highest BCUT2D eigenvalue weighted by atomic mass is 16.5. The molecule has 1 heterocycles. The normalized spacial score (nSPS) is 24.9.